The van der Waals surface area contributed by atoms with Gasteiger partial charge >= 0.3 is 6.03 Å². The maximum absolute atomic E-state index is 11.3. The zero-order valence-electron chi connectivity index (χ0n) is 9.59. The molecule has 0 fully saturated rings. The molecule has 0 heterocycles. The first-order chi connectivity index (χ1) is 7.85. The molecule has 0 aromatic heterocycles. The Kier molecular flexibility index (Phi) is 7.23. The summed E-state index contributed by atoms with van der Waals surface area (Å²) in [6.45, 7) is 0.0451. The van der Waals surface area contributed by atoms with Crippen LogP contribution in [0.3, 0.4) is 0 Å². The van der Waals surface area contributed by atoms with E-state index >= 15 is 0 Å². The van der Waals surface area contributed by atoms with Gasteiger partial charge in [-0.1, -0.05) is 15.9 Å². The number of amides is 2. The fourth-order valence-corrected chi connectivity index (χ4v) is 1.88. The Morgan fingerprint density at radius 3 is 2.41 bits per heavy atom. The number of alkyl halides is 1. The van der Waals surface area contributed by atoms with Crippen molar-refractivity contribution in [3.8, 4) is 0 Å². The number of nitrogens with zero attached hydrogens (tertiary/aromatic N) is 3. The van der Waals surface area contributed by atoms with Crippen LogP contribution in [0, 0.1) is 4.91 Å². The quantitative estimate of drug-likeness (QED) is 0.402. The first-order valence-corrected chi connectivity index (χ1v) is 7.43. The number of halogens is 1. The van der Waals surface area contributed by atoms with Crippen molar-refractivity contribution in [3.05, 3.63) is 4.91 Å². The Balaban J connectivity index is 4.13. The van der Waals surface area contributed by atoms with Crippen molar-refractivity contribution < 1.29 is 13.2 Å². The fraction of sp³-hybridized carbons (Fsp3) is 0.857. The number of urea groups is 1. The van der Waals surface area contributed by atoms with Gasteiger partial charge in [0.05, 0.1) is 17.6 Å². The van der Waals surface area contributed by atoms with Gasteiger partial charge in [-0.3, -0.25) is 0 Å². The van der Waals surface area contributed by atoms with Crippen LogP contribution in [0.2, 0.25) is 0 Å². The van der Waals surface area contributed by atoms with Gasteiger partial charge < -0.3 is 5.32 Å². The number of nitroso groups, excluding NO2 is 1. The van der Waals surface area contributed by atoms with E-state index < -0.39 is 16.1 Å². The molecule has 0 radical (unpaired) electrons. The smallest absolute Gasteiger partial charge is 0.335 e. The Labute approximate surface area is 108 Å². The molecule has 0 aliphatic heterocycles. The maximum Gasteiger partial charge on any atom is 0.340 e. The van der Waals surface area contributed by atoms with E-state index in [-0.39, 0.29) is 18.8 Å². The number of nitrogens with one attached hydrogen (secondary N) is 1. The van der Waals surface area contributed by atoms with Gasteiger partial charge in [0.2, 0.25) is 10.0 Å². The summed E-state index contributed by atoms with van der Waals surface area (Å²) >= 11 is 3.06. The molecule has 100 valence electrons. The first kappa shape index (κ1) is 16.3. The standard InChI is InChI=1S/C7H15BrN4O4S/c1-11(2)17(15,16)6-4-9-7(13)12(10-14)5-3-8/h3-6H2,1-2H3,(H,9,13). The average molecular weight is 331 g/mol. The third-order valence-electron chi connectivity index (χ3n) is 1.82. The van der Waals surface area contributed by atoms with Crippen molar-refractivity contribution in [2.45, 2.75) is 0 Å². The van der Waals surface area contributed by atoms with Crippen LogP contribution in [-0.2, 0) is 10.0 Å². The van der Waals surface area contributed by atoms with E-state index in [4.69, 9.17) is 0 Å². The van der Waals surface area contributed by atoms with Gasteiger partial charge in [-0.2, -0.15) is 5.01 Å². The summed E-state index contributed by atoms with van der Waals surface area (Å²) in [6, 6.07) is -0.714. The van der Waals surface area contributed by atoms with Crippen LogP contribution >= 0.6 is 15.9 Å². The molecule has 0 aromatic rings. The number of sulfonamides is 1. The summed E-state index contributed by atoms with van der Waals surface area (Å²) in [6.07, 6.45) is 0. The summed E-state index contributed by atoms with van der Waals surface area (Å²) < 4.78 is 23.8. The van der Waals surface area contributed by atoms with Crippen LogP contribution < -0.4 is 5.32 Å². The van der Waals surface area contributed by atoms with Crippen molar-refractivity contribution in [1.29, 1.82) is 0 Å². The van der Waals surface area contributed by atoms with Crippen LogP contribution in [0.5, 0.6) is 0 Å². The molecule has 0 unspecified atom stereocenters. The van der Waals surface area contributed by atoms with Crippen LogP contribution in [0.15, 0.2) is 5.29 Å². The van der Waals surface area contributed by atoms with E-state index in [1.165, 1.54) is 14.1 Å². The molecule has 10 heteroatoms. The van der Waals surface area contributed by atoms with E-state index in [0.29, 0.717) is 10.3 Å². The van der Waals surface area contributed by atoms with Gasteiger partial charge in [-0.15, -0.1) is 4.91 Å². The molecule has 0 atom stereocenters. The largest absolute Gasteiger partial charge is 0.340 e. The topological polar surface area (TPSA) is 99.2 Å². The number of carbonyl (C=O) groups is 1. The fourth-order valence-electron chi connectivity index (χ4n) is 0.820. The monoisotopic (exact) mass is 330 g/mol. The molecule has 0 saturated heterocycles. The Morgan fingerprint density at radius 1 is 1.41 bits per heavy atom. The molecule has 0 aliphatic rings. The van der Waals surface area contributed by atoms with Crippen molar-refractivity contribution in [2.75, 3.05) is 38.3 Å². The molecular weight excluding hydrogens is 316 g/mol. The predicted molar refractivity (Wildman–Crippen MR) is 67.2 cm³/mol. The maximum atomic E-state index is 11.3. The van der Waals surface area contributed by atoms with E-state index in [1.807, 2.05) is 0 Å². The lowest BCUT2D eigenvalue weighted by Crippen LogP contribution is -2.40. The Morgan fingerprint density at radius 2 is 2.00 bits per heavy atom. The molecule has 0 aromatic carbocycles. The highest BCUT2D eigenvalue weighted by molar-refractivity contribution is 9.09. The molecule has 1 N–H and O–H groups in total. The summed E-state index contributed by atoms with van der Waals surface area (Å²) in [5, 5.41) is 5.89. The molecular formula is C7H15BrN4O4S. The SMILES string of the molecule is CN(C)S(=O)(=O)CCNC(=O)N(CCBr)N=O. The van der Waals surface area contributed by atoms with Crippen LogP contribution in [0.25, 0.3) is 0 Å². The summed E-state index contributed by atoms with van der Waals surface area (Å²) in [5.41, 5.74) is 0. The number of carbonyl (C=O) groups excluding carboxylic acids is 1. The van der Waals surface area contributed by atoms with Crippen LogP contribution in [0.4, 0.5) is 4.79 Å². The van der Waals surface area contributed by atoms with Crippen molar-refractivity contribution in [3.63, 3.8) is 0 Å². The second-order valence-corrected chi connectivity index (χ2v) is 6.32. The minimum Gasteiger partial charge on any atom is -0.335 e. The minimum absolute atomic E-state index is 0.0757. The second kappa shape index (κ2) is 7.56. The van der Waals surface area contributed by atoms with Gasteiger partial charge in [0, 0.05) is 26.0 Å². The van der Waals surface area contributed by atoms with Gasteiger partial charge in [0.15, 0.2) is 0 Å². The third-order valence-corrected chi connectivity index (χ3v) is 4.01. The third kappa shape index (κ3) is 5.94. The molecule has 8 nitrogen and oxygen atoms in total. The molecule has 0 rings (SSSR count). The Hall–Kier alpha value is -0.740. The van der Waals surface area contributed by atoms with Crippen LogP contribution in [0.1, 0.15) is 0 Å². The van der Waals surface area contributed by atoms with Crippen molar-refractivity contribution in [2.24, 2.45) is 5.29 Å². The molecule has 0 saturated carbocycles. The van der Waals surface area contributed by atoms with Gasteiger partial charge in [-0.05, 0) is 0 Å². The van der Waals surface area contributed by atoms with Crippen LogP contribution in [-0.4, -0.2) is 62.0 Å². The molecule has 0 bridgehead atoms. The van der Waals surface area contributed by atoms with E-state index in [9.17, 15) is 18.1 Å². The Bertz CT molecular complexity index is 359. The molecule has 2 amide bonds. The zero-order valence-corrected chi connectivity index (χ0v) is 12.0. The highest BCUT2D eigenvalue weighted by atomic mass is 79.9. The van der Waals surface area contributed by atoms with E-state index in [0.717, 1.165) is 4.31 Å². The van der Waals surface area contributed by atoms with E-state index in [1.54, 1.807) is 0 Å². The van der Waals surface area contributed by atoms with Gasteiger partial charge in [0.1, 0.15) is 0 Å². The minimum atomic E-state index is -3.36. The summed E-state index contributed by atoms with van der Waals surface area (Å²) in [4.78, 5) is 21.6. The zero-order chi connectivity index (χ0) is 13.5. The normalized spacial score (nSPS) is 11.3. The average Bonchev–Trinajstić information content (AvgIpc) is 2.25. The number of rotatable bonds is 7. The molecule has 0 aliphatic carbocycles. The lowest BCUT2D eigenvalue weighted by atomic mass is 10.6. The van der Waals surface area contributed by atoms with E-state index in [2.05, 4.69) is 26.5 Å². The highest BCUT2D eigenvalue weighted by Gasteiger charge is 2.16. The van der Waals surface area contributed by atoms with Crippen molar-refractivity contribution in [1.82, 2.24) is 14.6 Å². The molecule has 0 spiro atoms. The second-order valence-electron chi connectivity index (χ2n) is 3.22. The number of hydrogen-bond acceptors (Lipinski definition) is 5. The highest BCUT2D eigenvalue weighted by Crippen LogP contribution is 1.95. The number of hydrogen-bond donors (Lipinski definition) is 1. The molecule has 17 heavy (non-hydrogen) atoms. The summed E-state index contributed by atoms with van der Waals surface area (Å²) in [7, 11) is -0.548. The van der Waals surface area contributed by atoms with Gasteiger partial charge in [0.25, 0.3) is 0 Å². The van der Waals surface area contributed by atoms with Gasteiger partial charge in [-0.25, -0.2) is 17.5 Å². The lowest BCUT2D eigenvalue weighted by Gasteiger charge is -2.14. The predicted octanol–water partition coefficient (Wildman–Crippen LogP) is -0.0343. The lowest BCUT2D eigenvalue weighted by molar-refractivity contribution is 0.203. The van der Waals surface area contributed by atoms with Crippen molar-refractivity contribution >= 4 is 32.0 Å². The summed E-state index contributed by atoms with van der Waals surface area (Å²) in [5.74, 6) is -0.229. The first-order valence-electron chi connectivity index (χ1n) is 4.70.